The Hall–Kier alpha value is -3.64. The summed E-state index contributed by atoms with van der Waals surface area (Å²) >= 11 is 0. The lowest BCUT2D eigenvalue weighted by Gasteiger charge is -2.30. The van der Waals surface area contributed by atoms with Gasteiger partial charge >= 0.3 is 0 Å². The molecule has 0 heterocycles. The van der Waals surface area contributed by atoms with E-state index in [-0.39, 0.29) is 18.4 Å². The third kappa shape index (κ3) is 6.43. The molecule has 0 aliphatic carbocycles. The van der Waals surface area contributed by atoms with Crippen LogP contribution < -0.4 is 15.4 Å². The fourth-order valence-electron chi connectivity index (χ4n) is 3.68. The molecule has 0 aliphatic heterocycles. The summed E-state index contributed by atoms with van der Waals surface area (Å²) in [6.45, 7) is 6.50. The number of hydrogen-bond donors (Lipinski definition) is 2. The second-order valence-electron chi connectivity index (χ2n) is 7.96. The smallest absolute Gasteiger partial charge is 0.246 e. The van der Waals surface area contributed by atoms with Gasteiger partial charge in [0.15, 0.2) is 0 Å². The zero-order valence-electron chi connectivity index (χ0n) is 19.6. The van der Waals surface area contributed by atoms with E-state index in [1.165, 1.54) is 0 Å². The molecule has 172 valence electrons. The van der Waals surface area contributed by atoms with Crippen molar-refractivity contribution in [1.29, 1.82) is 0 Å². The summed E-state index contributed by atoms with van der Waals surface area (Å²) in [6.07, 6.45) is 0. The minimum Gasteiger partial charge on any atom is -0.497 e. The van der Waals surface area contributed by atoms with Gasteiger partial charge in [-0.05, 0) is 67.4 Å². The Kier molecular flexibility index (Phi) is 8.22. The molecule has 1 unspecified atom stereocenters. The summed E-state index contributed by atoms with van der Waals surface area (Å²) in [4.78, 5) is 28.2. The van der Waals surface area contributed by atoms with E-state index in [0.29, 0.717) is 12.2 Å². The topological polar surface area (TPSA) is 70.7 Å². The van der Waals surface area contributed by atoms with Gasteiger partial charge in [-0.15, -0.1) is 0 Å². The maximum atomic E-state index is 13.5. The number of rotatable bonds is 9. The number of methoxy groups -OCH3 is 1. The third-order valence-corrected chi connectivity index (χ3v) is 5.51. The van der Waals surface area contributed by atoms with Gasteiger partial charge in [0.2, 0.25) is 11.8 Å². The molecule has 6 nitrogen and oxygen atoms in total. The molecule has 0 saturated carbocycles. The molecule has 0 saturated heterocycles. The summed E-state index contributed by atoms with van der Waals surface area (Å²) in [5, 5.41) is 5.98. The van der Waals surface area contributed by atoms with Crippen LogP contribution in [0.5, 0.6) is 5.75 Å². The maximum Gasteiger partial charge on any atom is 0.246 e. The summed E-state index contributed by atoms with van der Waals surface area (Å²) in [7, 11) is 1.60. The highest BCUT2D eigenvalue weighted by molar-refractivity contribution is 5.97. The van der Waals surface area contributed by atoms with Crippen molar-refractivity contribution in [2.75, 3.05) is 30.8 Å². The third-order valence-electron chi connectivity index (χ3n) is 5.51. The van der Waals surface area contributed by atoms with E-state index in [2.05, 4.69) is 10.6 Å². The van der Waals surface area contributed by atoms with Gasteiger partial charge in [-0.1, -0.05) is 49.4 Å². The number of likely N-dealkylation sites (N-methyl/N-ethyl adjacent to an activating group) is 1. The van der Waals surface area contributed by atoms with Crippen molar-refractivity contribution >= 4 is 23.2 Å². The zero-order chi connectivity index (χ0) is 23.8. The van der Waals surface area contributed by atoms with Gasteiger partial charge in [0.05, 0.1) is 13.7 Å². The van der Waals surface area contributed by atoms with E-state index in [0.717, 1.165) is 28.1 Å². The maximum absolute atomic E-state index is 13.5. The first kappa shape index (κ1) is 24.0. The van der Waals surface area contributed by atoms with Gasteiger partial charge in [0.25, 0.3) is 0 Å². The number of hydrogen-bond acceptors (Lipinski definition) is 4. The van der Waals surface area contributed by atoms with Crippen molar-refractivity contribution < 1.29 is 14.3 Å². The van der Waals surface area contributed by atoms with Crippen LogP contribution in [-0.4, -0.2) is 36.9 Å². The second kappa shape index (κ2) is 11.3. The van der Waals surface area contributed by atoms with Crippen molar-refractivity contribution in [1.82, 2.24) is 4.90 Å². The number of nitrogens with one attached hydrogen (secondary N) is 2. The summed E-state index contributed by atoms with van der Waals surface area (Å²) in [5.74, 6) is 0.354. The molecule has 2 N–H and O–H groups in total. The molecule has 33 heavy (non-hydrogen) atoms. The molecule has 0 spiro atoms. The Morgan fingerprint density at radius 2 is 1.64 bits per heavy atom. The van der Waals surface area contributed by atoms with Crippen molar-refractivity contribution in [3.8, 4) is 5.75 Å². The molecular formula is C27H31N3O3. The summed E-state index contributed by atoms with van der Waals surface area (Å²) < 4.78 is 5.16. The Morgan fingerprint density at radius 3 is 2.27 bits per heavy atom. The van der Waals surface area contributed by atoms with E-state index < -0.39 is 6.04 Å². The van der Waals surface area contributed by atoms with Gasteiger partial charge in [0.1, 0.15) is 11.8 Å². The highest BCUT2D eigenvalue weighted by Gasteiger charge is 2.28. The molecule has 0 aliphatic rings. The average molecular weight is 446 g/mol. The molecular weight excluding hydrogens is 414 g/mol. The molecule has 2 amide bonds. The molecule has 6 heteroatoms. The number of carbonyl (C=O) groups excluding carboxylic acids is 2. The Morgan fingerprint density at radius 1 is 0.939 bits per heavy atom. The Labute approximate surface area is 195 Å². The quantitative estimate of drug-likeness (QED) is 0.489. The largest absolute Gasteiger partial charge is 0.497 e. The van der Waals surface area contributed by atoms with Crippen molar-refractivity contribution in [3.05, 3.63) is 89.5 Å². The Bertz CT molecular complexity index is 1080. The lowest BCUT2D eigenvalue weighted by molar-refractivity contribution is -0.123. The number of amides is 2. The number of benzene rings is 3. The van der Waals surface area contributed by atoms with E-state index in [9.17, 15) is 9.59 Å². The summed E-state index contributed by atoms with van der Waals surface area (Å²) in [5.41, 5.74) is 4.34. The lowest BCUT2D eigenvalue weighted by Crippen LogP contribution is -2.41. The molecule has 3 rings (SSSR count). The highest BCUT2D eigenvalue weighted by atomic mass is 16.5. The van der Waals surface area contributed by atoms with Crippen LogP contribution in [0.1, 0.15) is 29.7 Å². The van der Waals surface area contributed by atoms with E-state index in [1.54, 1.807) is 31.4 Å². The van der Waals surface area contributed by atoms with Crippen molar-refractivity contribution in [2.24, 2.45) is 0 Å². The monoisotopic (exact) mass is 445 g/mol. The first-order valence-corrected chi connectivity index (χ1v) is 11.0. The first-order chi connectivity index (χ1) is 15.9. The predicted octanol–water partition coefficient (Wildman–Crippen LogP) is 4.95. The standard InChI is InChI=1S/C27H31N3O3/c1-5-30(18-25(31)28-22-13-15-23(33-4)16-14-22)26(21-9-7-6-8-10-21)27(32)29-24-17-19(2)11-12-20(24)3/h6-17,26H,5,18H2,1-4H3,(H,28,31)(H,29,32). The zero-order valence-corrected chi connectivity index (χ0v) is 19.6. The second-order valence-corrected chi connectivity index (χ2v) is 7.96. The molecule has 3 aromatic carbocycles. The molecule has 1 atom stereocenters. The number of carbonyl (C=O) groups is 2. The fraction of sp³-hybridized carbons (Fsp3) is 0.259. The lowest BCUT2D eigenvalue weighted by atomic mass is 10.0. The van der Waals surface area contributed by atoms with Crippen LogP contribution in [0.2, 0.25) is 0 Å². The van der Waals surface area contributed by atoms with Crippen molar-refractivity contribution in [2.45, 2.75) is 26.8 Å². The van der Waals surface area contributed by atoms with E-state index in [4.69, 9.17) is 4.74 Å². The number of aryl methyl sites for hydroxylation is 2. The van der Waals surface area contributed by atoms with Crippen LogP contribution >= 0.6 is 0 Å². The minimum atomic E-state index is -0.613. The van der Waals surface area contributed by atoms with Crippen LogP contribution in [0.15, 0.2) is 72.8 Å². The first-order valence-electron chi connectivity index (χ1n) is 11.0. The number of nitrogens with zero attached hydrogens (tertiary/aromatic N) is 1. The van der Waals surface area contributed by atoms with Crippen LogP contribution in [-0.2, 0) is 9.59 Å². The van der Waals surface area contributed by atoms with E-state index in [1.807, 2.05) is 74.2 Å². The van der Waals surface area contributed by atoms with Crippen LogP contribution in [0.25, 0.3) is 0 Å². The van der Waals surface area contributed by atoms with E-state index >= 15 is 0 Å². The SMILES string of the molecule is CCN(CC(=O)Nc1ccc(OC)cc1)C(C(=O)Nc1cc(C)ccc1C)c1ccccc1. The number of anilines is 2. The highest BCUT2D eigenvalue weighted by Crippen LogP contribution is 2.25. The molecule has 0 aromatic heterocycles. The van der Waals surface area contributed by atoms with Gasteiger partial charge in [-0.2, -0.15) is 0 Å². The predicted molar refractivity (Wildman–Crippen MR) is 133 cm³/mol. The molecule has 0 fully saturated rings. The normalized spacial score (nSPS) is 11.7. The average Bonchev–Trinajstić information content (AvgIpc) is 2.82. The van der Waals surface area contributed by atoms with Crippen LogP contribution in [0.3, 0.4) is 0 Å². The number of ether oxygens (including phenoxy) is 1. The van der Waals surface area contributed by atoms with Crippen molar-refractivity contribution in [3.63, 3.8) is 0 Å². The van der Waals surface area contributed by atoms with Gasteiger partial charge in [0, 0.05) is 11.4 Å². The fourth-order valence-corrected chi connectivity index (χ4v) is 3.68. The van der Waals surface area contributed by atoms with Gasteiger partial charge < -0.3 is 15.4 Å². The van der Waals surface area contributed by atoms with Crippen LogP contribution in [0, 0.1) is 13.8 Å². The molecule has 0 bridgehead atoms. The molecule has 0 radical (unpaired) electrons. The Balaban J connectivity index is 1.81. The molecule has 3 aromatic rings. The van der Waals surface area contributed by atoms with Gasteiger partial charge in [-0.3, -0.25) is 14.5 Å². The van der Waals surface area contributed by atoms with Gasteiger partial charge in [-0.25, -0.2) is 0 Å². The summed E-state index contributed by atoms with van der Waals surface area (Å²) in [6, 6.07) is 22.0. The minimum absolute atomic E-state index is 0.0717. The van der Waals surface area contributed by atoms with Crippen LogP contribution in [0.4, 0.5) is 11.4 Å².